The van der Waals surface area contributed by atoms with Crippen molar-refractivity contribution in [3.05, 3.63) is 0 Å². The second-order valence-electron chi connectivity index (χ2n) is 4.98. The van der Waals surface area contributed by atoms with E-state index in [9.17, 15) is 4.79 Å². The second kappa shape index (κ2) is 6.45. The molecule has 4 heteroatoms. The molecule has 1 aliphatic carbocycles. The fraction of sp³-hybridized carbons (Fsp3) is 0.917. The third-order valence-electron chi connectivity index (χ3n) is 3.82. The standard InChI is InChI=1S/C12H22N2O.ClH/c1-9-11(7-4-8-13-9)14-12(15)10-5-2-3-6-10;/h9-11,13H,2-8H2,1H3,(H,14,15);1H. The Kier molecular flexibility index (Phi) is 5.56. The number of carbonyl (C=O) groups is 1. The molecular formula is C12H23ClN2O. The number of hydrogen-bond acceptors (Lipinski definition) is 2. The molecule has 0 aromatic heterocycles. The van der Waals surface area contributed by atoms with Crippen molar-refractivity contribution in [2.24, 2.45) is 5.92 Å². The van der Waals surface area contributed by atoms with Crippen molar-refractivity contribution in [2.75, 3.05) is 6.54 Å². The molecule has 1 saturated carbocycles. The molecule has 1 saturated heterocycles. The molecule has 3 nitrogen and oxygen atoms in total. The first-order valence-electron chi connectivity index (χ1n) is 6.31. The Morgan fingerprint density at radius 1 is 1.19 bits per heavy atom. The molecule has 16 heavy (non-hydrogen) atoms. The Morgan fingerprint density at radius 3 is 2.50 bits per heavy atom. The van der Waals surface area contributed by atoms with Gasteiger partial charge in [0.2, 0.25) is 5.91 Å². The highest BCUT2D eigenvalue weighted by molar-refractivity contribution is 5.85. The molecule has 0 aromatic rings. The quantitative estimate of drug-likeness (QED) is 0.781. The third-order valence-corrected chi connectivity index (χ3v) is 3.82. The zero-order valence-corrected chi connectivity index (χ0v) is 10.8. The number of rotatable bonds is 2. The van der Waals surface area contributed by atoms with Crippen LogP contribution in [0, 0.1) is 5.92 Å². The Labute approximate surface area is 104 Å². The average molecular weight is 247 g/mol. The SMILES string of the molecule is CC1NCCCC1NC(=O)C1CCCC1.Cl. The molecule has 2 fully saturated rings. The maximum Gasteiger partial charge on any atom is 0.223 e. The largest absolute Gasteiger partial charge is 0.352 e. The first kappa shape index (κ1) is 13.8. The van der Waals surface area contributed by atoms with Crippen LogP contribution in [0.2, 0.25) is 0 Å². The Balaban J connectivity index is 0.00000128. The van der Waals surface area contributed by atoms with E-state index in [0.29, 0.717) is 23.9 Å². The molecule has 0 aromatic carbocycles. The smallest absolute Gasteiger partial charge is 0.223 e. The fourth-order valence-corrected chi connectivity index (χ4v) is 2.73. The fourth-order valence-electron chi connectivity index (χ4n) is 2.73. The number of hydrogen-bond donors (Lipinski definition) is 2. The number of carbonyl (C=O) groups excluding carboxylic acids is 1. The zero-order chi connectivity index (χ0) is 10.7. The zero-order valence-electron chi connectivity index (χ0n) is 10.00. The van der Waals surface area contributed by atoms with Crippen LogP contribution in [0.25, 0.3) is 0 Å². The van der Waals surface area contributed by atoms with Gasteiger partial charge in [0.25, 0.3) is 0 Å². The number of nitrogens with one attached hydrogen (secondary N) is 2. The topological polar surface area (TPSA) is 41.1 Å². The molecule has 2 unspecified atom stereocenters. The maximum atomic E-state index is 11.9. The predicted octanol–water partition coefficient (Wildman–Crippen LogP) is 1.86. The van der Waals surface area contributed by atoms with Gasteiger partial charge in [0.05, 0.1) is 0 Å². The van der Waals surface area contributed by atoms with Crippen LogP contribution in [-0.2, 0) is 4.79 Å². The minimum absolute atomic E-state index is 0. The lowest BCUT2D eigenvalue weighted by Gasteiger charge is -2.31. The molecule has 0 spiro atoms. The van der Waals surface area contributed by atoms with E-state index >= 15 is 0 Å². The van der Waals surface area contributed by atoms with E-state index < -0.39 is 0 Å². The van der Waals surface area contributed by atoms with E-state index in [2.05, 4.69) is 17.6 Å². The van der Waals surface area contributed by atoms with Gasteiger partial charge in [-0.15, -0.1) is 12.4 Å². The molecule has 1 heterocycles. The summed E-state index contributed by atoms with van der Waals surface area (Å²) in [5.74, 6) is 0.604. The van der Waals surface area contributed by atoms with E-state index in [1.165, 1.54) is 19.3 Å². The molecule has 1 aliphatic heterocycles. The van der Waals surface area contributed by atoms with E-state index in [1.54, 1.807) is 0 Å². The lowest BCUT2D eigenvalue weighted by atomic mass is 9.98. The Bertz CT molecular complexity index is 229. The van der Waals surface area contributed by atoms with Crippen LogP contribution in [0.15, 0.2) is 0 Å². The lowest BCUT2D eigenvalue weighted by Crippen LogP contribution is -2.52. The third kappa shape index (κ3) is 3.36. The summed E-state index contributed by atoms with van der Waals surface area (Å²) in [6.45, 7) is 3.26. The summed E-state index contributed by atoms with van der Waals surface area (Å²) in [5.41, 5.74) is 0. The van der Waals surface area contributed by atoms with Gasteiger partial charge in [0.15, 0.2) is 0 Å². The number of amides is 1. The highest BCUT2D eigenvalue weighted by Crippen LogP contribution is 2.25. The molecule has 94 valence electrons. The summed E-state index contributed by atoms with van der Waals surface area (Å²) in [5, 5.41) is 6.62. The van der Waals surface area contributed by atoms with Crippen LogP contribution >= 0.6 is 12.4 Å². The van der Waals surface area contributed by atoms with Gasteiger partial charge >= 0.3 is 0 Å². The number of piperidine rings is 1. The van der Waals surface area contributed by atoms with Crippen LogP contribution < -0.4 is 10.6 Å². The van der Waals surface area contributed by atoms with Crippen LogP contribution in [0.3, 0.4) is 0 Å². The summed E-state index contributed by atoms with van der Waals surface area (Å²) in [4.78, 5) is 11.9. The van der Waals surface area contributed by atoms with Crippen molar-refractivity contribution >= 4 is 18.3 Å². The molecule has 2 aliphatic rings. The van der Waals surface area contributed by atoms with Gasteiger partial charge in [0, 0.05) is 18.0 Å². The molecule has 0 radical (unpaired) electrons. The normalized spacial score (nSPS) is 30.8. The van der Waals surface area contributed by atoms with Crippen LogP contribution in [0.5, 0.6) is 0 Å². The van der Waals surface area contributed by atoms with Crippen molar-refractivity contribution in [1.29, 1.82) is 0 Å². The first-order valence-corrected chi connectivity index (χ1v) is 6.31. The molecule has 2 rings (SSSR count). The van der Waals surface area contributed by atoms with Crippen LogP contribution in [0.1, 0.15) is 45.4 Å². The van der Waals surface area contributed by atoms with Gasteiger partial charge in [-0.1, -0.05) is 12.8 Å². The Morgan fingerprint density at radius 2 is 1.88 bits per heavy atom. The molecule has 1 amide bonds. The molecule has 0 bridgehead atoms. The van der Waals surface area contributed by atoms with Gasteiger partial charge in [-0.2, -0.15) is 0 Å². The molecular weight excluding hydrogens is 224 g/mol. The van der Waals surface area contributed by atoms with Crippen molar-refractivity contribution in [1.82, 2.24) is 10.6 Å². The van der Waals surface area contributed by atoms with Crippen LogP contribution in [-0.4, -0.2) is 24.5 Å². The van der Waals surface area contributed by atoms with Gasteiger partial charge in [-0.25, -0.2) is 0 Å². The molecule has 2 atom stereocenters. The summed E-state index contributed by atoms with van der Waals surface area (Å²) in [6, 6.07) is 0.788. The van der Waals surface area contributed by atoms with E-state index in [0.717, 1.165) is 25.8 Å². The maximum absolute atomic E-state index is 11.9. The summed E-state index contributed by atoms with van der Waals surface area (Å²) in [6.07, 6.45) is 6.97. The van der Waals surface area contributed by atoms with Gasteiger partial charge in [0.1, 0.15) is 0 Å². The lowest BCUT2D eigenvalue weighted by molar-refractivity contribution is -0.125. The predicted molar refractivity (Wildman–Crippen MR) is 67.8 cm³/mol. The van der Waals surface area contributed by atoms with Crippen molar-refractivity contribution in [2.45, 2.75) is 57.5 Å². The van der Waals surface area contributed by atoms with E-state index in [1.807, 2.05) is 0 Å². The van der Waals surface area contributed by atoms with Crippen LogP contribution in [0.4, 0.5) is 0 Å². The Hall–Kier alpha value is -0.280. The van der Waals surface area contributed by atoms with Crippen molar-refractivity contribution in [3.8, 4) is 0 Å². The van der Waals surface area contributed by atoms with E-state index in [4.69, 9.17) is 0 Å². The van der Waals surface area contributed by atoms with Gasteiger partial charge in [-0.3, -0.25) is 4.79 Å². The number of halogens is 1. The minimum Gasteiger partial charge on any atom is -0.352 e. The van der Waals surface area contributed by atoms with Crippen molar-refractivity contribution < 1.29 is 4.79 Å². The van der Waals surface area contributed by atoms with E-state index in [-0.39, 0.29) is 12.4 Å². The molecule has 2 N–H and O–H groups in total. The van der Waals surface area contributed by atoms with Gasteiger partial charge < -0.3 is 10.6 Å². The highest BCUT2D eigenvalue weighted by atomic mass is 35.5. The summed E-state index contributed by atoms with van der Waals surface area (Å²) < 4.78 is 0. The van der Waals surface area contributed by atoms with Crippen molar-refractivity contribution in [3.63, 3.8) is 0 Å². The highest BCUT2D eigenvalue weighted by Gasteiger charge is 2.27. The van der Waals surface area contributed by atoms with Gasteiger partial charge in [-0.05, 0) is 39.2 Å². The monoisotopic (exact) mass is 246 g/mol. The minimum atomic E-state index is 0. The summed E-state index contributed by atoms with van der Waals surface area (Å²) in [7, 11) is 0. The average Bonchev–Trinajstić information content (AvgIpc) is 2.74. The first-order chi connectivity index (χ1) is 7.27. The second-order valence-corrected chi connectivity index (χ2v) is 4.98. The summed E-state index contributed by atoms with van der Waals surface area (Å²) >= 11 is 0.